The van der Waals surface area contributed by atoms with Crippen LogP contribution in [0.4, 0.5) is 17.3 Å². The first-order valence-corrected chi connectivity index (χ1v) is 10.2. The Bertz CT molecular complexity index is 983. The molecular formula is C21H27N7. The summed E-state index contributed by atoms with van der Waals surface area (Å²) in [6.07, 6.45) is 7.25. The van der Waals surface area contributed by atoms with Crippen LogP contribution in [0.2, 0.25) is 0 Å². The average Bonchev–Trinajstić information content (AvgIpc) is 3.00. The largest absolute Gasteiger partial charge is 0.355 e. The van der Waals surface area contributed by atoms with E-state index in [4.69, 9.17) is 15.7 Å². The van der Waals surface area contributed by atoms with Crippen LogP contribution in [-0.2, 0) is 6.42 Å². The van der Waals surface area contributed by atoms with E-state index >= 15 is 0 Å². The maximum Gasteiger partial charge on any atom is 0.183 e. The van der Waals surface area contributed by atoms with Crippen LogP contribution in [-0.4, -0.2) is 45.3 Å². The Morgan fingerprint density at radius 1 is 1.11 bits per heavy atom. The van der Waals surface area contributed by atoms with Gasteiger partial charge in [0.2, 0.25) is 0 Å². The lowest BCUT2D eigenvalue weighted by Gasteiger charge is -2.37. The van der Waals surface area contributed by atoms with Crippen LogP contribution in [0.25, 0.3) is 11.2 Å². The van der Waals surface area contributed by atoms with Crippen molar-refractivity contribution in [2.75, 3.05) is 29.4 Å². The Morgan fingerprint density at radius 2 is 1.93 bits per heavy atom. The van der Waals surface area contributed by atoms with Gasteiger partial charge in [0.15, 0.2) is 17.0 Å². The minimum absolute atomic E-state index is 0.0741. The van der Waals surface area contributed by atoms with Crippen LogP contribution < -0.4 is 15.5 Å². The number of anilines is 3. The summed E-state index contributed by atoms with van der Waals surface area (Å²) in [7, 11) is 0. The second kappa shape index (κ2) is 6.74. The number of piperidine rings is 1. The third kappa shape index (κ3) is 3.09. The van der Waals surface area contributed by atoms with Crippen LogP contribution in [0.1, 0.15) is 38.2 Å². The predicted molar refractivity (Wildman–Crippen MR) is 112 cm³/mol. The van der Waals surface area contributed by atoms with Crippen LogP contribution in [0.5, 0.6) is 0 Å². The van der Waals surface area contributed by atoms with E-state index in [1.165, 1.54) is 17.7 Å². The smallest absolute Gasteiger partial charge is 0.183 e. The number of nitrogens with one attached hydrogen (secondary N) is 1. The van der Waals surface area contributed by atoms with E-state index < -0.39 is 0 Å². The molecule has 1 saturated heterocycles. The molecular weight excluding hydrogens is 350 g/mol. The molecule has 0 radical (unpaired) electrons. The van der Waals surface area contributed by atoms with E-state index in [2.05, 4.69) is 51.2 Å². The number of aryl methyl sites for hydroxylation is 1. The lowest BCUT2D eigenvalue weighted by atomic mass is 9.91. The zero-order valence-corrected chi connectivity index (χ0v) is 16.4. The van der Waals surface area contributed by atoms with Gasteiger partial charge in [-0.2, -0.15) is 5.10 Å². The number of para-hydroxylation sites is 1. The summed E-state index contributed by atoms with van der Waals surface area (Å²) in [5.41, 5.74) is 10.4. The molecule has 1 aromatic carbocycles. The number of aromatic nitrogens is 4. The second-order valence-electron chi connectivity index (χ2n) is 8.35. The van der Waals surface area contributed by atoms with Crippen molar-refractivity contribution in [3.05, 3.63) is 36.0 Å². The highest BCUT2D eigenvalue weighted by Gasteiger charge is 2.27. The van der Waals surface area contributed by atoms with Crippen LogP contribution in [0, 0.1) is 0 Å². The highest BCUT2D eigenvalue weighted by molar-refractivity contribution is 5.87. The molecule has 0 saturated carbocycles. The molecule has 7 nitrogen and oxygen atoms in total. The molecule has 3 N–H and O–H groups in total. The van der Waals surface area contributed by atoms with E-state index in [0.717, 1.165) is 68.1 Å². The Balaban J connectivity index is 1.48. The number of hydrogen-bond donors (Lipinski definition) is 2. The first kappa shape index (κ1) is 17.4. The molecule has 0 bridgehead atoms. The van der Waals surface area contributed by atoms with Gasteiger partial charge in [0, 0.05) is 30.9 Å². The summed E-state index contributed by atoms with van der Waals surface area (Å²) in [6, 6.07) is 8.60. The molecule has 1 fully saturated rings. The number of hydrogen-bond acceptors (Lipinski definition) is 6. The number of aromatic amines is 1. The highest BCUT2D eigenvalue weighted by Crippen LogP contribution is 2.34. The van der Waals surface area contributed by atoms with Gasteiger partial charge in [-0.15, -0.1) is 0 Å². The summed E-state index contributed by atoms with van der Waals surface area (Å²) in [5, 5.41) is 7.72. The SMILES string of the molecule is CC1(N)CCN(c2cnc3c(N4CCCCc5ccccc54)n[nH]c3n2)CC1. The highest BCUT2D eigenvalue weighted by atomic mass is 15.3. The number of H-pyrrole nitrogens is 1. The fourth-order valence-electron chi connectivity index (χ4n) is 4.28. The fourth-order valence-corrected chi connectivity index (χ4v) is 4.28. The van der Waals surface area contributed by atoms with Crippen molar-refractivity contribution in [1.82, 2.24) is 20.2 Å². The predicted octanol–water partition coefficient (Wildman–Crippen LogP) is 3.14. The average molecular weight is 377 g/mol. The molecule has 2 aliphatic rings. The summed E-state index contributed by atoms with van der Waals surface area (Å²) in [5.74, 6) is 1.77. The van der Waals surface area contributed by atoms with Crippen molar-refractivity contribution in [2.24, 2.45) is 5.73 Å². The van der Waals surface area contributed by atoms with Crippen molar-refractivity contribution in [3.8, 4) is 0 Å². The van der Waals surface area contributed by atoms with E-state index in [-0.39, 0.29) is 5.54 Å². The van der Waals surface area contributed by atoms with Gasteiger partial charge < -0.3 is 15.5 Å². The van der Waals surface area contributed by atoms with E-state index in [1.54, 1.807) is 0 Å². The second-order valence-corrected chi connectivity index (χ2v) is 8.35. The van der Waals surface area contributed by atoms with Gasteiger partial charge >= 0.3 is 0 Å². The lowest BCUT2D eigenvalue weighted by Crippen LogP contribution is -2.48. The van der Waals surface area contributed by atoms with E-state index in [0.29, 0.717) is 0 Å². The van der Waals surface area contributed by atoms with Crippen molar-refractivity contribution < 1.29 is 0 Å². The number of fused-ring (bicyclic) bond motifs is 2. The fraction of sp³-hybridized carbons (Fsp3) is 0.476. The number of rotatable bonds is 2. The normalized spacial score (nSPS) is 19.5. The molecule has 5 rings (SSSR count). The zero-order chi connectivity index (χ0) is 19.1. The Kier molecular flexibility index (Phi) is 4.19. The van der Waals surface area contributed by atoms with Crippen LogP contribution in [0.15, 0.2) is 30.5 Å². The van der Waals surface area contributed by atoms with Gasteiger partial charge in [-0.25, -0.2) is 9.97 Å². The summed E-state index contributed by atoms with van der Waals surface area (Å²) in [6.45, 7) is 4.89. The molecule has 0 unspecified atom stereocenters. The molecule has 7 heteroatoms. The molecule has 28 heavy (non-hydrogen) atoms. The first-order chi connectivity index (χ1) is 13.6. The van der Waals surface area contributed by atoms with Gasteiger partial charge in [-0.3, -0.25) is 5.10 Å². The molecule has 4 heterocycles. The van der Waals surface area contributed by atoms with E-state index in [1.807, 2.05) is 6.20 Å². The Morgan fingerprint density at radius 3 is 2.79 bits per heavy atom. The lowest BCUT2D eigenvalue weighted by molar-refractivity contribution is 0.363. The van der Waals surface area contributed by atoms with Crippen LogP contribution in [0.3, 0.4) is 0 Å². The number of benzene rings is 1. The molecule has 146 valence electrons. The van der Waals surface area contributed by atoms with Gasteiger partial charge in [0.1, 0.15) is 5.82 Å². The summed E-state index contributed by atoms with van der Waals surface area (Å²) < 4.78 is 0. The van der Waals surface area contributed by atoms with Crippen molar-refractivity contribution in [1.29, 1.82) is 0 Å². The molecule has 0 atom stereocenters. The van der Waals surface area contributed by atoms with Crippen molar-refractivity contribution in [2.45, 2.75) is 44.6 Å². The maximum atomic E-state index is 6.26. The minimum Gasteiger partial charge on any atom is -0.355 e. The Hall–Kier alpha value is -2.67. The third-order valence-electron chi connectivity index (χ3n) is 6.08. The summed E-state index contributed by atoms with van der Waals surface area (Å²) in [4.78, 5) is 14.1. The topological polar surface area (TPSA) is 87.0 Å². The van der Waals surface area contributed by atoms with E-state index in [9.17, 15) is 0 Å². The van der Waals surface area contributed by atoms with Crippen LogP contribution >= 0.6 is 0 Å². The molecule has 2 aliphatic heterocycles. The third-order valence-corrected chi connectivity index (χ3v) is 6.08. The van der Waals surface area contributed by atoms with Gasteiger partial charge in [0.05, 0.1) is 6.20 Å². The number of nitrogens with two attached hydrogens (primary N) is 1. The monoisotopic (exact) mass is 377 g/mol. The molecule has 3 aromatic rings. The molecule has 0 aliphatic carbocycles. The van der Waals surface area contributed by atoms with Gasteiger partial charge in [-0.05, 0) is 50.7 Å². The first-order valence-electron chi connectivity index (χ1n) is 10.2. The molecule has 0 spiro atoms. The van der Waals surface area contributed by atoms with Crippen molar-refractivity contribution >= 4 is 28.5 Å². The number of nitrogens with zero attached hydrogens (tertiary/aromatic N) is 5. The Labute approximate surface area is 165 Å². The molecule has 2 aromatic heterocycles. The maximum absolute atomic E-state index is 6.26. The molecule has 0 amide bonds. The van der Waals surface area contributed by atoms with Gasteiger partial charge in [-0.1, -0.05) is 18.2 Å². The summed E-state index contributed by atoms with van der Waals surface area (Å²) >= 11 is 0. The zero-order valence-electron chi connectivity index (χ0n) is 16.4. The van der Waals surface area contributed by atoms with Gasteiger partial charge in [0.25, 0.3) is 0 Å². The van der Waals surface area contributed by atoms with Crippen molar-refractivity contribution in [3.63, 3.8) is 0 Å². The minimum atomic E-state index is -0.0741. The quantitative estimate of drug-likeness (QED) is 0.713. The standard InChI is InChI=1S/C21H27N7/c1-21(22)9-12-27(13-10-21)17-14-23-18-19(24-17)25-26-20(18)28-11-5-4-7-15-6-2-3-8-16(15)28/h2-3,6,8,14H,4-5,7,9-13,22H2,1H3,(H,24,25,26).